The number of amides is 1. The third-order valence-electron chi connectivity index (χ3n) is 4.05. The van der Waals surface area contributed by atoms with Crippen LogP contribution in [-0.4, -0.2) is 44.0 Å². The lowest BCUT2D eigenvalue weighted by Gasteiger charge is -2.30. The van der Waals surface area contributed by atoms with Crippen LogP contribution < -0.4 is 5.32 Å². The van der Waals surface area contributed by atoms with Crippen LogP contribution in [0.1, 0.15) is 30.4 Å². The number of nitrogens with zero attached hydrogens (tertiary/aromatic N) is 1. The van der Waals surface area contributed by atoms with Gasteiger partial charge in [0.2, 0.25) is 15.9 Å². The zero-order valence-electron chi connectivity index (χ0n) is 13.2. The van der Waals surface area contributed by atoms with Gasteiger partial charge in [0.1, 0.15) is 0 Å². The Bertz CT molecular complexity index is 603. The van der Waals surface area contributed by atoms with E-state index in [-0.39, 0.29) is 11.9 Å². The molecule has 0 aliphatic carbocycles. The van der Waals surface area contributed by atoms with Crippen molar-refractivity contribution >= 4 is 15.9 Å². The molecular formula is C16H24N2O3S. The number of benzene rings is 1. The molecule has 6 heteroatoms. The molecule has 1 saturated heterocycles. The number of hydrogen-bond donors (Lipinski definition) is 1. The van der Waals surface area contributed by atoms with Crippen LogP contribution in [0.2, 0.25) is 0 Å². The van der Waals surface area contributed by atoms with Crippen LogP contribution in [0, 0.1) is 6.92 Å². The maximum Gasteiger partial charge on any atom is 0.220 e. The quantitative estimate of drug-likeness (QED) is 0.892. The van der Waals surface area contributed by atoms with Crippen LogP contribution in [0.3, 0.4) is 0 Å². The highest BCUT2D eigenvalue weighted by Gasteiger charge is 2.25. The Hall–Kier alpha value is -1.40. The van der Waals surface area contributed by atoms with E-state index < -0.39 is 10.0 Å². The number of hydrogen-bond acceptors (Lipinski definition) is 3. The van der Waals surface area contributed by atoms with Gasteiger partial charge in [-0.1, -0.05) is 29.8 Å². The van der Waals surface area contributed by atoms with Gasteiger partial charge in [0.15, 0.2) is 0 Å². The SMILES string of the molecule is Cc1ccc(CCC(=O)NC2CCN(S(C)(=O)=O)CC2)cc1. The van der Waals surface area contributed by atoms with Crippen molar-refractivity contribution < 1.29 is 13.2 Å². The summed E-state index contributed by atoms with van der Waals surface area (Å²) < 4.78 is 24.3. The zero-order chi connectivity index (χ0) is 16.2. The highest BCUT2D eigenvalue weighted by Crippen LogP contribution is 2.13. The van der Waals surface area contributed by atoms with E-state index in [2.05, 4.69) is 5.32 Å². The number of carbonyl (C=O) groups excluding carboxylic acids is 1. The summed E-state index contributed by atoms with van der Waals surface area (Å²) in [6.07, 6.45) is 3.80. The summed E-state index contributed by atoms with van der Waals surface area (Å²) >= 11 is 0. The van der Waals surface area contributed by atoms with E-state index in [0.717, 1.165) is 12.0 Å². The van der Waals surface area contributed by atoms with Crippen molar-refractivity contribution in [3.05, 3.63) is 35.4 Å². The van der Waals surface area contributed by atoms with Gasteiger partial charge in [0, 0.05) is 25.6 Å². The predicted octanol–water partition coefficient (Wildman–Crippen LogP) is 1.47. The van der Waals surface area contributed by atoms with E-state index in [1.807, 2.05) is 31.2 Å². The molecule has 1 amide bonds. The van der Waals surface area contributed by atoms with Crippen molar-refractivity contribution in [3.8, 4) is 0 Å². The standard InChI is InChI=1S/C16H24N2O3S/c1-13-3-5-14(6-4-13)7-8-16(19)17-15-9-11-18(12-10-15)22(2,20)21/h3-6,15H,7-12H2,1-2H3,(H,17,19). The van der Waals surface area contributed by atoms with Crippen molar-refractivity contribution in [1.82, 2.24) is 9.62 Å². The van der Waals surface area contributed by atoms with Gasteiger partial charge in [0.05, 0.1) is 6.26 Å². The van der Waals surface area contributed by atoms with Crippen molar-refractivity contribution in [2.24, 2.45) is 0 Å². The van der Waals surface area contributed by atoms with E-state index in [9.17, 15) is 13.2 Å². The van der Waals surface area contributed by atoms with Crippen LogP contribution >= 0.6 is 0 Å². The first-order valence-electron chi connectivity index (χ1n) is 7.64. The summed E-state index contributed by atoms with van der Waals surface area (Å²) in [5.41, 5.74) is 2.37. The molecule has 1 N–H and O–H groups in total. The molecule has 1 aliphatic heterocycles. The molecule has 1 heterocycles. The third kappa shape index (κ3) is 5.10. The Morgan fingerprint density at radius 2 is 1.82 bits per heavy atom. The molecule has 1 fully saturated rings. The minimum atomic E-state index is -3.11. The summed E-state index contributed by atoms with van der Waals surface area (Å²) in [4.78, 5) is 12.0. The molecule has 0 saturated carbocycles. The summed E-state index contributed by atoms with van der Waals surface area (Å²) in [5, 5.41) is 3.01. The largest absolute Gasteiger partial charge is 0.353 e. The molecule has 0 radical (unpaired) electrons. The molecule has 1 aromatic rings. The summed E-state index contributed by atoms with van der Waals surface area (Å²) in [5.74, 6) is 0.0402. The smallest absolute Gasteiger partial charge is 0.220 e. The minimum Gasteiger partial charge on any atom is -0.353 e. The lowest BCUT2D eigenvalue weighted by molar-refractivity contribution is -0.122. The number of nitrogens with one attached hydrogen (secondary N) is 1. The number of piperidine rings is 1. The second-order valence-corrected chi connectivity index (χ2v) is 7.97. The molecule has 1 aliphatic rings. The number of rotatable bonds is 5. The maximum absolute atomic E-state index is 12.0. The fraction of sp³-hybridized carbons (Fsp3) is 0.562. The molecular weight excluding hydrogens is 300 g/mol. The van der Waals surface area contributed by atoms with Crippen molar-refractivity contribution in [3.63, 3.8) is 0 Å². The number of sulfonamides is 1. The molecule has 1 aromatic carbocycles. The summed E-state index contributed by atoms with van der Waals surface area (Å²) in [7, 11) is -3.11. The van der Waals surface area contributed by atoms with Gasteiger partial charge < -0.3 is 5.32 Å². The van der Waals surface area contributed by atoms with Gasteiger partial charge in [-0.3, -0.25) is 4.79 Å². The first-order valence-corrected chi connectivity index (χ1v) is 9.49. The molecule has 122 valence electrons. The molecule has 0 spiro atoms. The Morgan fingerprint density at radius 3 is 2.36 bits per heavy atom. The van der Waals surface area contributed by atoms with Crippen molar-refractivity contribution in [2.75, 3.05) is 19.3 Å². The lowest BCUT2D eigenvalue weighted by atomic mass is 10.1. The van der Waals surface area contributed by atoms with Gasteiger partial charge in [-0.2, -0.15) is 0 Å². The highest BCUT2D eigenvalue weighted by molar-refractivity contribution is 7.88. The van der Waals surface area contributed by atoms with E-state index in [1.54, 1.807) is 0 Å². The Kier molecular flexibility index (Phi) is 5.58. The third-order valence-corrected chi connectivity index (χ3v) is 5.35. The van der Waals surface area contributed by atoms with Crippen LogP contribution in [0.15, 0.2) is 24.3 Å². The molecule has 0 atom stereocenters. The van der Waals surface area contributed by atoms with Gasteiger partial charge in [-0.15, -0.1) is 0 Å². The minimum absolute atomic E-state index is 0.0402. The maximum atomic E-state index is 12.0. The molecule has 0 aromatic heterocycles. The monoisotopic (exact) mass is 324 g/mol. The van der Waals surface area contributed by atoms with E-state index in [0.29, 0.717) is 32.4 Å². The number of carbonyl (C=O) groups is 1. The van der Waals surface area contributed by atoms with Crippen LogP contribution in [0.4, 0.5) is 0 Å². The second kappa shape index (κ2) is 7.24. The molecule has 22 heavy (non-hydrogen) atoms. The van der Waals surface area contributed by atoms with Crippen LogP contribution in [-0.2, 0) is 21.2 Å². The Morgan fingerprint density at radius 1 is 1.23 bits per heavy atom. The van der Waals surface area contributed by atoms with Gasteiger partial charge in [-0.05, 0) is 31.7 Å². The number of aryl methyl sites for hydroxylation is 2. The fourth-order valence-corrected chi connectivity index (χ4v) is 3.52. The molecule has 0 bridgehead atoms. The van der Waals surface area contributed by atoms with Crippen LogP contribution in [0.5, 0.6) is 0 Å². The molecule has 0 unspecified atom stereocenters. The average Bonchev–Trinajstić information content (AvgIpc) is 2.46. The molecule has 5 nitrogen and oxygen atoms in total. The Balaban J connectivity index is 1.73. The average molecular weight is 324 g/mol. The van der Waals surface area contributed by atoms with Crippen molar-refractivity contribution in [1.29, 1.82) is 0 Å². The zero-order valence-corrected chi connectivity index (χ0v) is 14.0. The molecule has 2 rings (SSSR count). The predicted molar refractivity (Wildman–Crippen MR) is 87.1 cm³/mol. The Labute approximate surface area is 132 Å². The fourth-order valence-electron chi connectivity index (χ4n) is 2.64. The van der Waals surface area contributed by atoms with Gasteiger partial charge >= 0.3 is 0 Å². The van der Waals surface area contributed by atoms with E-state index in [1.165, 1.54) is 16.1 Å². The van der Waals surface area contributed by atoms with E-state index >= 15 is 0 Å². The highest BCUT2D eigenvalue weighted by atomic mass is 32.2. The summed E-state index contributed by atoms with van der Waals surface area (Å²) in [6, 6.07) is 8.28. The van der Waals surface area contributed by atoms with Crippen LogP contribution in [0.25, 0.3) is 0 Å². The second-order valence-electron chi connectivity index (χ2n) is 5.99. The lowest BCUT2D eigenvalue weighted by Crippen LogP contribution is -2.46. The van der Waals surface area contributed by atoms with Crippen molar-refractivity contribution in [2.45, 2.75) is 38.6 Å². The topological polar surface area (TPSA) is 66.5 Å². The normalized spacial score (nSPS) is 17.4. The summed E-state index contributed by atoms with van der Waals surface area (Å²) in [6.45, 7) is 3.02. The van der Waals surface area contributed by atoms with E-state index in [4.69, 9.17) is 0 Å². The first-order chi connectivity index (χ1) is 10.3. The first kappa shape index (κ1) is 17.0. The van der Waals surface area contributed by atoms with Gasteiger partial charge in [0.25, 0.3) is 0 Å². The van der Waals surface area contributed by atoms with Gasteiger partial charge in [-0.25, -0.2) is 12.7 Å².